The molecule has 2 aromatic carbocycles. The van der Waals surface area contributed by atoms with E-state index in [1.165, 1.54) is 29.0 Å². The van der Waals surface area contributed by atoms with Crippen LogP contribution in [0.15, 0.2) is 70.6 Å². The molecule has 1 aromatic heterocycles. The second-order valence-corrected chi connectivity index (χ2v) is 6.38. The second-order valence-electron chi connectivity index (χ2n) is 5.42. The van der Waals surface area contributed by atoms with Gasteiger partial charge in [-0.3, -0.25) is 4.79 Å². The van der Waals surface area contributed by atoms with Crippen molar-refractivity contribution in [3.8, 4) is 5.75 Å². The van der Waals surface area contributed by atoms with Crippen LogP contribution in [0.4, 0.5) is 0 Å². The SMILES string of the molecule is Cc1ccc(CSc2nc(COc3ccccc3)cc(=O)[nH]2)cc1. The molecule has 0 bridgehead atoms. The zero-order valence-corrected chi connectivity index (χ0v) is 14.2. The van der Waals surface area contributed by atoms with Crippen LogP contribution >= 0.6 is 11.8 Å². The fourth-order valence-electron chi connectivity index (χ4n) is 2.14. The molecule has 0 aliphatic rings. The van der Waals surface area contributed by atoms with Gasteiger partial charge in [0.05, 0.1) is 5.69 Å². The second kappa shape index (κ2) is 7.84. The molecule has 0 atom stereocenters. The summed E-state index contributed by atoms with van der Waals surface area (Å²) in [7, 11) is 0. The largest absolute Gasteiger partial charge is 0.487 e. The average Bonchev–Trinajstić information content (AvgIpc) is 2.60. The van der Waals surface area contributed by atoms with Gasteiger partial charge in [0, 0.05) is 11.8 Å². The third-order valence-electron chi connectivity index (χ3n) is 3.40. The number of benzene rings is 2. The molecule has 0 aliphatic carbocycles. The highest BCUT2D eigenvalue weighted by atomic mass is 32.2. The molecule has 4 nitrogen and oxygen atoms in total. The number of aryl methyl sites for hydroxylation is 1. The first-order chi connectivity index (χ1) is 11.7. The molecule has 3 rings (SSSR count). The van der Waals surface area contributed by atoms with E-state index in [2.05, 4.69) is 41.2 Å². The van der Waals surface area contributed by atoms with Crippen molar-refractivity contribution in [2.45, 2.75) is 24.4 Å². The molecule has 0 fully saturated rings. The molecule has 0 unspecified atom stereocenters. The first-order valence-electron chi connectivity index (χ1n) is 7.65. The van der Waals surface area contributed by atoms with Crippen LogP contribution < -0.4 is 10.3 Å². The minimum Gasteiger partial charge on any atom is -0.487 e. The van der Waals surface area contributed by atoms with Crippen LogP contribution in [0.5, 0.6) is 5.75 Å². The summed E-state index contributed by atoms with van der Waals surface area (Å²) < 4.78 is 5.65. The van der Waals surface area contributed by atoms with Crippen molar-refractivity contribution in [2.24, 2.45) is 0 Å². The molecule has 3 aromatic rings. The Bertz CT molecular complexity index is 845. The monoisotopic (exact) mass is 338 g/mol. The van der Waals surface area contributed by atoms with Crippen LogP contribution in [0.25, 0.3) is 0 Å². The van der Waals surface area contributed by atoms with E-state index in [4.69, 9.17) is 4.74 Å². The number of hydrogen-bond donors (Lipinski definition) is 1. The van der Waals surface area contributed by atoms with Gasteiger partial charge in [-0.1, -0.05) is 59.8 Å². The summed E-state index contributed by atoms with van der Waals surface area (Å²) in [5.74, 6) is 1.51. The normalized spacial score (nSPS) is 10.5. The van der Waals surface area contributed by atoms with E-state index in [-0.39, 0.29) is 12.2 Å². The van der Waals surface area contributed by atoms with E-state index in [0.717, 1.165) is 11.5 Å². The summed E-state index contributed by atoms with van der Waals surface area (Å²) in [6.07, 6.45) is 0. The van der Waals surface area contributed by atoms with Gasteiger partial charge >= 0.3 is 0 Å². The van der Waals surface area contributed by atoms with Crippen molar-refractivity contribution in [1.82, 2.24) is 9.97 Å². The first-order valence-corrected chi connectivity index (χ1v) is 8.64. The third-order valence-corrected chi connectivity index (χ3v) is 4.34. The summed E-state index contributed by atoms with van der Waals surface area (Å²) in [5.41, 5.74) is 2.88. The number of aromatic amines is 1. The number of ether oxygens (including phenoxy) is 1. The van der Waals surface area contributed by atoms with Crippen LogP contribution in [0, 0.1) is 6.92 Å². The molecule has 0 radical (unpaired) electrons. The van der Waals surface area contributed by atoms with E-state index in [9.17, 15) is 4.79 Å². The molecule has 122 valence electrons. The van der Waals surface area contributed by atoms with E-state index in [1.54, 1.807) is 0 Å². The summed E-state index contributed by atoms with van der Waals surface area (Å²) >= 11 is 1.51. The molecule has 1 N–H and O–H groups in total. The molecule has 24 heavy (non-hydrogen) atoms. The van der Waals surface area contributed by atoms with Gasteiger partial charge in [-0.2, -0.15) is 0 Å². The summed E-state index contributed by atoms with van der Waals surface area (Å²) in [6.45, 7) is 2.33. The van der Waals surface area contributed by atoms with Gasteiger partial charge in [0.25, 0.3) is 5.56 Å². The lowest BCUT2D eigenvalue weighted by molar-refractivity contribution is 0.299. The number of nitrogens with zero attached hydrogens (tertiary/aromatic N) is 1. The van der Waals surface area contributed by atoms with Crippen LogP contribution in [-0.2, 0) is 12.4 Å². The summed E-state index contributed by atoms with van der Waals surface area (Å²) in [4.78, 5) is 19.0. The van der Waals surface area contributed by atoms with Crippen molar-refractivity contribution in [3.05, 3.63) is 87.8 Å². The molecule has 0 amide bonds. The minimum atomic E-state index is -0.164. The first kappa shape index (κ1) is 16.3. The van der Waals surface area contributed by atoms with Crippen molar-refractivity contribution < 1.29 is 4.74 Å². The van der Waals surface area contributed by atoms with E-state index < -0.39 is 0 Å². The minimum absolute atomic E-state index is 0.164. The Labute approximate surface area is 144 Å². The lowest BCUT2D eigenvalue weighted by atomic mass is 10.2. The number of para-hydroxylation sites is 1. The zero-order chi connectivity index (χ0) is 16.8. The van der Waals surface area contributed by atoms with Crippen LogP contribution in [0.2, 0.25) is 0 Å². The van der Waals surface area contributed by atoms with Crippen molar-refractivity contribution in [1.29, 1.82) is 0 Å². The number of rotatable bonds is 6. The highest BCUT2D eigenvalue weighted by molar-refractivity contribution is 7.98. The number of H-pyrrole nitrogens is 1. The molecule has 0 saturated carbocycles. The number of nitrogens with one attached hydrogen (secondary N) is 1. The van der Waals surface area contributed by atoms with Crippen LogP contribution in [-0.4, -0.2) is 9.97 Å². The lowest BCUT2D eigenvalue weighted by Crippen LogP contribution is -2.11. The molecular formula is C19H18N2O2S. The summed E-state index contributed by atoms with van der Waals surface area (Å²) in [6, 6.07) is 19.3. The number of aromatic nitrogens is 2. The Morgan fingerprint density at radius 1 is 1.08 bits per heavy atom. The van der Waals surface area contributed by atoms with Gasteiger partial charge in [0.1, 0.15) is 12.4 Å². The fourth-order valence-corrected chi connectivity index (χ4v) is 2.99. The maximum absolute atomic E-state index is 11.8. The smallest absolute Gasteiger partial charge is 0.251 e. The summed E-state index contributed by atoms with van der Waals surface area (Å²) in [5, 5.41) is 0.606. The highest BCUT2D eigenvalue weighted by Gasteiger charge is 2.04. The van der Waals surface area contributed by atoms with Gasteiger partial charge in [0.15, 0.2) is 5.16 Å². The highest BCUT2D eigenvalue weighted by Crippen LogP contribution is 2.19. The van der Waals surface area contributed by atoms with E-state index in [0.29, 0.717) is 10.9 Å². The average molecular weight is 338 g/mol. The molecular weight excluding hydrogens is 320 g/mol. The quantitative estimate of drug-likeness (QED) is 0.546. The molecule has 1 heterocycles. The van der Waals surface area contributed by atoms with Gasteiger partial charge < -0.3 is 9.72 Å². The van der Waals surface area contributed by atoms with Gasteiger partial charge in [-0.25, -0.2) is 4.98 Å². The van der Waals surface area contributed by atoms with Crippen LogP contribution in [0.1, 0.15) is 16.8 Å². The molecule has 5 heteroatoms. The van der Waals surface area contributed by atoms with E-state index >= 15 is 0 Å². The van der Waals surface area contributed by atoms with Crippen LogP contribution in [0.3, 0.4) is 0 Å². The van der Waals surface area contributed by atoms with Gasteiger partial charge in [-0.15, -0.1) is 0 Å². The topological polar surface area (TPSA) is 55.0 Å². The fraction of sp³-hybridized carbons (Fsp3) is 0.158. The van der Waals surface area contributed by atoms with Gasteiger partial charge in [0.2, 0.25) is 0 Å². The predicted octanol–water partition coefficient (Wildman–Crippen LogP) is 3.95. The van der Waals surface area contributed by atoms with Gasteiger partial charge in [-0.05, 0) is 24.6 Å². The third kappa shape index (κ3) is 4.73. The zero-order valence-electron chi connectivity index (χ0n) is 13.4. The van der Waals surface area contributed by atoms with E-state index in [1.807, 2.05) is 30.3 Å². The number of thioether (sulfide) groups is 1. The molecule has 0 aliphatic heterocycles. The van der Waals surface area contributed by atoms with Crippen molar-refractivity contribution in [3.63, 3.8) is 0 Å². The Hall–Kier alpha value is -2.53. The molecule has 0 saturated heterocycles. The van der Waals surface area contributed by atoms with Crippen molar-refractivity contribution >= 4 is 11.8 Å². The Morgan fingerprint density at radius 3 is 2.58 bits per heavy atom. The Kier molecular flexibility index (Phi) is 5.33. The maximum Gasteiger partial charge on any atom is 0.251 e. The van der Waals surface area contributed by atoms with Crippen molar-refractivity contribution in [2.75, 3.05) is 0 Å². The standard InChI is InChI=1S/C19H18N2O2S/c1-14-7-9-15(10-8-14)13-24-19-20-16(11-18(22)21-19)12-23-17-5-3-2-4-6-17/h2-11H,12-13H2,1H3,(H,20,21,22). The number of hydrogen-bond acceptors (Lipinski definition) is 4. The predicted molar refractivity (Wildman–Crippen MR) is 96.4 cm³/mol. The molecule has 0 spiro atoms. The maximum atomic E-state index is 11.8. The Balaban J connectivity index is 1.65. The lowest BCUT2D eigenvalue weighted by Gasteiger charge is -2.07. The Morgan fingerprint density at radius 2 is 1.83 bits per heavy atom.